The van der Waals surface area contributed by atoms with Gasteiger partial charge in [0.15, 0.2) is 5.82 Å². The Morgan fingerprint density at radius 1 is 1.04 bits per heavy atom. The van der Waals surface area contributed by atoms with Crippen LogP contribution in [-0.4, -0.2) is 48.8 Å². The largest absolute Gasteiger partial charge is 0.416 e. The van der Waals surface area contributed by atoms with E-state index in [1.807, 2.05) is 42.3 Å². The summed E-state index contributed by atoms with van der Waals surface area (Å²) in [6.45, 7) is 4.64. The summed E-state index contributed by atoms with van der Waals surface area (Å²) in [4.78, 5) is 12.7. The molecule has 138 valence electrons. The molecular weight excluding hydrogens is 341 g/mol. The zero-order valence-corrected chi connectivity index (χ0v) is 14.8. The monoisotopic (exact) mass is 362 g/mol. The zero-order chi connectivity index (χ0) is 18.7. The molecule has 1 aliphatic heterocycles. The fourth-order valence-electron chi connectivity index (χ4n) is 2.84. The molecule has 0 N–H and O–H groups in total. The van der Waals surface area contributed by atoms with Gasteiger partial charge in [0.25, 0.3) is 0 Å². The Kier molecular flexibility index (Phi) is 5.27. The van der Waals surface area contributed by atoms with Crippen LogP contribution in [0.1, 0.15) is 18.1 Å². The van der Waals surface area contributed by atoms with Gasteiger partial charge in [0, 0.05) is 31.9 Å². The first kappa shape index (κ1) is 18.4. The number of aromatic nitrogens is 1. The van der Waals surface area contributed by atoms with Crippen molar-refractivity contribution in [3.05, 3.63) is 53.6 Å². The second-order valence-electron chi connectivity index (χ2n) is 6.42. The Morgan fingerprint density at radius 2 is 1.69 bits per heavy atom. The molecule has 2 heterocycles. The quantitative estimate of drug-likeness (QED) is 0.774. The second-order valence-corrected chi connectivity index (χ2v) is 6.42. The smallest absolute Gasteiger partial charge is 0.354 e. The number of hydrogen-bond acceptors (Lipinski definition) is 4. The van der Waals surface area contributed by atoms with Crippen molar-refractivity contribution in [2.24, 2.45) is 4.99 Å². The van der Waals surface area contributed by atoms with Crippen LogP contribution in [-0.2, 0) is 6.18 Å². The maximum atomic E-state index is 13.3. The molecule has 1 aromatic heterocycles. The first-order valence-corrected chi connectivity index (χ1v) is 8.46. The average molecular weight is 362 g/mol. The van der Waals surface area contributed by atoms with Crippen molar-refractivity contribution in [1.82, 2.24) is 9.88 Å². The average Bonchev–Trinajstić information content (AvgIpc) is 2.62. The van der Waals surface area contributed by atoms with Crippen molar-refractivity contribution in [3.63, 3.8) is 0 Å². The van der Waals surface area contributed by atoms with Gasteiger partial charge in [-0.25, -0.2) is 9.98 Å². The van der Waals surface area contributed by atoms with Crippen molar-refractivity contribution < 1.29 is 13.2 Å². The van der Waals surface area contributed by atoms with Gasteiger partial charge >= 0.3 is 6.18 Å². The van der Waals surface area contributed by atoms with Gasteiger partial charge in [0.05, 0.1) is 5.56 Å². The maximum absolute atomic E-state index is 13.3. The number of nitrogens with zero attached hydrogens (tertiary/aromatic N) is 4. The Balaban J connectivity index is 1.98. The molecule has 4 nitrogen and oxygen atoms in total. The molecule has 0 bridgehead atoms. The van der Waals surface area contributed by atoms with Crippen LogP contribution in [0.5, 0.6) is 0 Å². The molecule has 26 heavy (non-hydrogen) atoms. The van der Waals surface area contributed by atoms with Gasteiger partial charge in [0.2, 0.25) is 0 Å². The number of aliphatic imine (C=N–C) groups is 1. The van der Waals surface area contributed by atoms with E-state index >= 15 is 0 Å². The van der Waals surface area contributed by atoms with E-state index in [1.54, 1.807) is 6.92 Å². The summed E-state index contributed by atoms with van der Waals surface area (Å²) in [5, 5.41) is 0. The Labute approximate surface area is 151 Å². The van der Waals surface area contributed by atoms with E-state index in [9.17, 15) is 13.2 Å². The van der Waals surface area contributed by atoms with Crippen molar-refractivity contribution in [2.45, 2.75) is 13.1 Å². The molecule has 0 aliphatic carbocycles. The van der Waals surface area contributed by atoms with Gasteiger partial charge in [0.1, 0.15) is 5.82 Å². The predicted octanol–water partition coefficient (Wildman–Crippen LogP) is 3.99. The Bertz CT molecular complexity index is 779. The van der Waals surface area contributed by atoms with Gasteiger partial charge < -0.3 is 9.80 Å². The topological polar surface area (TPSA) is 31.7 Å². The minimum absolute atomic E-state index is 0.0788. The molecular formula is C19H21F3N4. The molecule has 0 amide bonds. The van der Waals surface area contributed by atoms with Gasteiger partial charge in [-0.2, -0.15) is 13.2 Å². The van der Waals surface area contributed by atoms with Crippen LogP contribution in [0, 0.1) is 0 Å². The van der Waals surface area contributed by atoms with Crippen LogP contribution in [0.2, 0.25) is 0 Å². The highest BCUT2D eigenvalue weighted by Gasteiger charge is 2.32. The van der Waals surface area contributed by atoms with Gasteiger partial charge in [-0.1, -0.05) is 30.3 Å². The lowest BCUT2D eigenvalue weighted by atomic mass is 10.1. The van der Waals surface area contributed by atoms with Gasteiger partial charge in [-0.15, -0.1) is 0 Å². The Morgan fingerprint density at radius 3 is 2.31 bits per heavy atom. The molecule has 0 radical (unpaired) electrons. The minimum atomic E-state index is -4.44. The van der Waals surface area contributed by atoms with Crippen molar-refractivity contribution in [1.29, 1.82) is 0 Å². The fourth-order valence-corrected chi connectivity index (χ4v) is 2.84. The van der Waals surface area contributed by atoms with E-state index in [2.05, 4.69) is 14.9 Å². The number of benzene rings is 1. The number of anilines is 1. The summed E-state index contributed by atoms with van der Waals surface area (Å²) >= 11 is 0. The third-order valence-corrected chi connectivity index (χ3v) is 4.43. The van der Waals surface area contributed by atoms with Crippen LogP contribution < -0.4 is 4.90 Å². The fraction of sp³-hybridized carbons (Fsp3) is 0.368. The van der Waals surface area contributed by atoms with Gasteiger partial charge in [-0.05, 0) is 31.7 Å². The van der Waals surface area contributed by atoms with Crippen LogP contribution in [0.15, 0.2) is 47.5 Å². The molecule has 0 atom stereocenters. The first-order chi connectivity index (χ1) is 12.3. The molecule has 1 saturated heterocycles. The highest BCUT2D eigenvalue weighted by Crippen LogP contribution is 2.34. The molecule has 1 aliphatic rings. The van der Waals surface area contributed by atoms with Crippen molar-refractivity contribution in [2.75, 3.05) is 38.1 Å². The number of pyridine rings is 1. The van der Waals surface area contributed by atoms with Crippen molar-refractivity contribution >= 4 is 17.3 Å². The molecule has 3 rings (SSSR count). The normalized spacial score (nSPS) is 16.8. The van der Waals surface area contributed by atoms with Gasteiger partial charge in [-0.3, -0.25) is 0 Å². The SMILES string of the molecule is CC(=Nc1cc(C(F)(F)F)cc(N2CCN(C)CC2)n1)c1ccccc1. The van der Waals surface area contributed by atoms with E-state index in [-0.39, 0.29) is 5.82 Å². The standard InChI is InChI=1S/C19H21F3N4/c1-14(15-6-4-3-5-7-15)23-17-12-16(19(20,21)22)13-18(24-17)26-10-8-25(2)9-11-26/h3-7,12-13H,8-11H2,1-2H3. The molecule has 0 spiro atoms. The van der Waals surface area contributed by atoms with E-state index < -0.39 is 11.7 Å². The number of alkyl halides is 3. The summed E-state index contributed by atoms with van der Waals surface area (Å²) in [5.41, 5.74) is 0.760. The molecule has 2 aromatic rings. The van der Waals surface area contributed by atoms with E-state index in [0.717, 1.165) is 30.8 Å². The zero-order valence-electron chi connectivity index (χ0n) is 14.8. The third kappa shape index (κ3) is 4.40. The van der Waals surface area contributed by atoms with Crippen LogP contribution in [0.4, 0.5) is 24.8 Å². The third-order valence-electron chi connectivity index (χ3n) is 4.43. The highest BCUT2D eigenvalue weighted by atomic mass is 19.4. The highest BCUT2D eigenvalue weighted by molar-refractivity contribution is 6.00. The lowest BCUT2D eigenvalue weighted by Gasteiger charge is -2.33. The van der Waals surface area contributed by atoms with E-state index in [0.29, 0.717) is 24.6 Å². The summed E-state index contributed by atoms with van der Waals surface area (Å²) in [6, 6.07) is 11.5. The number of piperazine rings is 1. The van der Waals surface area contributed by atoms with E-state index in [1.165, 1.54) is 0 Å². The second kappa shape index (κ2) is 7.45. The molecule has 1 aromatic carbocycles. The first-order valence-electron chi connectivity index (χ1n) is 8.46. The number of hydrogen-bond donors (Lipinski definition) is 0. The van der Waals surface area contributed by atoms with Crippen LogP contribution in [0.3, 0.4) is 0 Å². The number of halogens is 3. The summed E-state index contributed by atoms with van der Waals surface area (Å²) in [6.07, 6.45) is -4.44. The molecule has 0 unspecified atom stereocenters. The predicted molar refractivity (Wildman–Crippen MR) is 97.3 cm³/mol. The molecule has 0 saturated carbocycles. The lowest BCUT2D eigenvalue weighted by molar-refractivity contribution is -0.137. The summed E-state index contributed by atoms with van der Waals surface area (Å²) < 4.78 is 40.0. The molecule has 7 heteroatoms. The number of rotatable bonds is 3. The molecule has 1 fully saturated rings. The summed E-state index contributed by atoms with van der Waals surface area (Å²) in [7, 11) is 2.00. The minimum Gasteiger partial charge on any atom is -0.354 e. The maximum Gasteiger partial charge on any atom is 0.416 e. The lowest BCUT2D eigenvalue weighted by Crippen LogP contribution is -2.44. The van der Waals surface area contributed by atoms with E-state index in [4.69, 9.17) is 0 Å². The number of likely N-dealkylation sites (N-methyl/N-ethyl adjacent to an activating group) is 1. The van der Waals surface area contributed by atoms with Crippen LogP contribution in [0.25, 0.3) is 0 Å². The van der Waals surface area contributed by atoms with Crippen LogP contribution >= 0.6 is 0 Å². The Hall–Kier alpha value is -2.41. The summed E-state index contributed by atoms with van der Waals surface area (Å²) in [5.74, 6) is 0.405. The van der Waals surface area contributed by atoms with Crippen molar-refractivity contribution in [3.8, 4) is 0 Å².